The highest BCUT2D eigenvalue weighted by atomic mass is 32.2. The standard InChI is InChI=1S/C8H11F3O2S/c1-14(13)7-4-5(12)2-3-6(7)8(9,10)11/h6-7H,2-4H2,1H3. The molecule has 0 aromatic heterocycles. The fourth-order valence-electron chi connectivity index (χ4n) is 1.69. The fourth-order valence-corrected chi connectivity index (χ4v) is 2.87. The molecule has 3 atom stereocenters. The van der Waals surface area contributed by atoms with Gasteiger partial charge in [-0.05, 0) is 6.42 Å². The molecule has 82 valence electrons. The van der Waals surface area contributed by atoms with E-state index in [-0.39, 0.29) is 25.0 Å². The number of rotatable bonds is 1. The molecule has 1 saturated carbocycles. The molecule has 1 aliphatic rings. The second-order valence-electron chi connectivity index (χ2n) is 3.47. The molecule has 6 heteroatoms. The van der Waals surface area contributed by atoms with E-state index >= 15 is 0 Å². The lowest BCUT2D eigenvalue weighted by Gasteiger charge is -2.30. The Morgan fingerprint density at radius 1 is 1.43 bits per heavy atom. The molecule has 1 rings (SSSR count). The fraction of sp³-hybridized carbons (Fsp3) is 0.875. The van der Waals surface area contributed by atoms with Crippen molar-refractivity contribution in [3.05, 3.63) is 0 Å². The van der Waals surface area contributed by atoms with E-state index in [9.17, 15) is 22.2 Å². The zero-order valence-corrected chi connectivity index (χ0v) is 8.45. The van der Waals surface area contributed by atoms with Crippen LogP contribution in [0.15, 0.2) is 0 Å². The lowest BCUT2D eigenvalue weighted by Crippen LogP contribution is -2.41. The number of halogens is 3. The van der Waals surface area contributed by atoms with E-state index in [2.05, 4.69) is 0 Å². The quantitative estimate of drug-likeness (QED) is 0.684. The van der Waals surface area contributed by atoms with Crippen molar-refractivity contribution in [1.29, 1.82) is 0 Å². The molecule has 0 N–H and O–H groups in total. The molecular weight excluding hydrogens is 217 g/mol. The lowest BCUT2D eigenvalue weighted by atomic mass is 9.87. The summed E-state index contributed by atoms with van der Waals surface area (Å²) in [6, 6.07) is 0. The van der Waals surface area contributed by atoms with Crippen LogP contribution in [0.2, 0.25) is 0 Å². The first-order chi connectivity index (χ1) is 6.32. The largest absolute Gasteiger partial charge is 0.392 e. The summed E-state index contributed by atoms with van der Waals surface area (Å²) in [6.07, 6.45) is -3.57. The second-order valence-corrected chi connectivity index (χ2v) is 5.07. The molecule has 2 nitrogen and oxygen atoms in total. The highest BCUT2D eigenvalue weighted by molar-refractivity contribution is 7.84. The molecule has 0 bridgehead atoms. The Morgan fingerprint density at radius 3 is 2.43 bits per heavy atom. The van der Waals surface area contributed by atoms with Crippen molar-refractivity contribution in [2.75, 3.05) is 6.26 Å². The molecule has 0 heterocycles. The lowest BCUT2D eigenvalue weighted by molar-refractivity contribution is -0.180. The van der Waals surface area contributed by atoms with Gasteiger partial charge in [0.1, 0.15) is 5.78 Å². The number of Topliss-reactive ketones (excluding diaryl/α,β-unsaturated/α-hetero) is 1. The van der Waals surface area contributed by atoms with Gasteiger partial charge in [-0.2, -0.15) is 13.2 Å². The highest BCUT2D eigenvalue weighted by Gasteiger charge is 2.48. The van der Waals surface area contributed by atoms with Crippen molar-refractivity contribution in [2.45, 2.75) is 30.7 Å². The summed E-state index contributed by atoms with van der Waals surface area (Å²) in [4.78, 5) is 10.9. The second kappa shape index (κ2) is 4.00. The van der Waals surface area contributed by atoms with Gasteiger partial charge in [-0.25, -0.2) is 0 Å². The SMILES string of the molecule is CS(=O)C1CC(=O)CCC1C(F)(F)F. The summed E-state index contributed by atoms with van der Waals surface area (Å²) in [7, 11) is -1.59. The normalized spacial score (nSPS) is 31.6. The smallest absolute Gasteiger partial charge is 0.300 e. The Morgan fingerprint density at radius 2 is 2.00 bits per heavy atom. The van der Waals surface area contributed by atoms with E-state index in [4.69, 9.17) is 0 Å². The minimum atomic E-state index is -4.34. The van der Waals surface area contributed by atoms with E-state index in [1.807, 2.05) is 0 Å². The number of hydrogen-bond acceptors (Lipinski definition) is 2. The maximum Gasteiger partial charge on any atom is 0.392 e. The van der Waals surface area contributed by atoms with Crippen LogP contribution < -0.4 is 0 Å². The maximum absolute atomic E-state index is 12.4. The molecule has 1 fully saturated rings. The van der Waals surface area contributed by atoms with Gasteiger partial charge in [-0.1, -0.05) is 0 Å². The van der Waals surface area contributed by atoms with Gasteiger partial charge in [0.05, 0.1) is 11.2 Å². The monoisotopic (exact) mass is 228 g/mol. The van der Waals surface area contributed by atoms with Crippen LogP contribution in [0, 0.1) is 5.92 Å². The number of carbonyl (C=O) groups is 1. The van der Waals surface area contributed by atoms with Gasteiger partial charge < -0.3 is 0 Å². The number of carbonyl (C=O) groups excluding carboxylic acids is 1. The van der Waals surface area contributed by atoms with Crippen molar-refractivity contribution < 1.29 is 22.2 Å². The molecule has 0 aromatic rings. The Kier molecular flexibility index (Phi) is 3.34. The summed E-state index contributed by atoms with van der Waals surface area (Å²) in [5.41, 5.74) is 0. The topological polar surface area (TPSA) is 34.1 Å². The first kappa shape index (κ1) is 11.7. The first-order valence-electron chi connectivity index (χ1n) is 4.23. The summed E-state index contributed by atoms with van der Waals surface area (Å²) in [6.45, 7) is 0. The van der Waals surface area contributed by atoms with Crippen molar-refractivity contribution in [2.24, 2.45) is 5.92 Å². The van der Waals surface area contributed by atoms with Crippen molar-refractivity contribution in [3.8, 4) is 0 Å². The zero-order valence-electron chi connectivity index (χ0n) is 7.63. The Hall–Kier alpha value is -0.390. The third-order valence-electron chi connectivity index (χ3n) is 2.46. The molecule has 0 radical (unpaired) electrons. The van der Waals surface area contributed by atoms with Gasteiger partial charge >= 0.3 is 6.18 Å². The molecule has 3 unspecified atom stereocenters. The van der Waals surface area contributed by atoms with Gasteiger partial charge in [0.25, 0.3) is 0 Å². The Labute approximate surface area is 82.3 Å². The third kappa shape index (κ3) is 2.56. The average molecular weight is 228 g/mol. The number of alkyl halides is 3. The van der Waals surface area contributed by atoms with Crippen LogP contribution >= 0.6 is 0 Å². The predicted molar refractivity (Wildman–Crippen MR) is 46.3 cm³/mol. The minimum absolute atomic E-state index is 0.0438. The van der Waals surface area contributed by atoms with Crippen molar-refractivity contribution in [1.82, 2.24) is 0 Å². The summed E-state index contributed by atoms with van der Waals surface area (Å²) >= 11 is 0. The summed E-state index contributed by atoms with van der Waals surface area (Å²) < 4.78 is 48.4. The molecule has 0 aliphatic heterocycles. The molecular formula is C8H11F3O2S. The highest BCUT2D eigenvalue weighted by Crippen LogP contribution is 2.38. The van der Waals surface area contributed by atoms with Gasteiger partial charge in [0.15, 0.2) is 0 Å². The van der Waals surface area contributed by atoms with Gasteiger partial charge in [0.2, 0.25) is 0 Å². The Bertz CT molecular complexity index is 262. The van der Waals surface area contributed by atoms with E-state index in [1.165, 1.54) is 6.26 Å². The van der Waals surface area contributed by atoms with E-state index in [0.29, 0.717) is 0 Å². The maximum atomic E-state index is 12.4. The van der Waals surface area contributed by atoms with Crippen LogP contribution in [0.25, 0.3) is 0 Å². The van der Waals surface area contributed by atoms with Crippen LogP contribution in [0.5, 0.6) is 0 Å². The molecule has 14 heavy (non-hydrogen) atoms. The van der Waals surface area contributed by atoms with E-state index in [0.717, 1.165) is 0 Å². The van der Waals surface area contributed by atoms with Gasteiger partial charge in [-0.3, -0.25) is 9.00 Å². The number of hydrogen-bond donors (Lipinski definition) is 0. The molecule has 0 spiro atoms. The molecule has 0 aromatic carbocycles. The van der Waals surface area contributed by atoms with Crippen LogP contribution in [-0.4, -0.2) is 27.7 Å². The molecule has 0 amide bonds. The summed E-state index contributed by atoms with van der Waals surface area (Å²) in [5, 5.41) is -1.05. The van der Waals surface area contributed by atoms with Crippen LogP contribution in [0.1, 0.15) is 19.3 Å². The van der Waals surface area contributed by atoms with Crippen LogP contribution in [0.3, 0.4) is 0 Å². The summed E-state index contributed by atoms with van der Waals surface area (Å²) in [5.74, 6) is -1.79. The first-order valence-corrected chi connectivity index (χ1v) is 5.85. The minimum Gasteiger partial charge on any atom is -0.300 e. The van der Waals surface area contributed by atoms with Crippen LogP contribution in [0.4, 0.5) is 13.2 Å². The molecule has 0 saturated heterocycles. The van der Waals surface area contributed by atoms with Crippen molar-refractivity contribution >= 4 is 16.6 Å². The van der Waals surface area contributed by atoms with E-state index in [1.54, 1.807) is 0 Å². The van der Waals surface area contributed by atoms with E-state index < -0.39 is 28.1 Å². The van der Waals surface area contributed by atoms with Gasteiger partial charge in [-0.15, -0.1) is 0 Å². The third-order valence-corrected chi connectivity index (χ3v) is 3.81. The molecule has 1 aliphatic carbocycles. The Balaban J connectivity index is 2.83. The predicted octanol–water partition coefficient (Wildman–Crippen LogP) is 1.67. The van der Waals surface area contributed by atoms with Gasteiger partial charge in [0, 0.05) is 29.9 Å². The number of ketones is 1. The van der Waals surface area contributed by atoms with Crippen molar-refractivity contribution in [3.63, 3.8) is 0 Å². The average Bonchev–Trinajstić information content (AvgIpc) is 2.01. The van der Waals surface area contributed by atoms with Crippen LogP contribution in [-0.2, 0) is 15.6 Å². The zero-order chi connectivity index (χ0) is 10.9.